The molecule has 17 heavy (non-hydrogen) atoms. The summed E-state index contributed by atoms with van der Waals surface area (Å²) in [4.78, 5) is 2.23. The smallest absolute Gasteiger partial charge is 0.369 e. The topological polar surface area (TPSA) is 16.4 Å². The van der Waals surface area contributed by atoms with E-state index >= 15 is 0 Å². The van der Waals surface area contributed by atoms with Crippen LogP contribution in [0.3, 0.4) is 0 Å². The van der Waals surface area contributed by atoms with E-state index in [1.165, 1.54) is 16.9 Å². The predicted molar refractivity (Wildman–Crippen MR) is 67.0 cm³/mol. The molecule has 0 unspecified atom stereocenters. The Labute approximate surface area is 101 Å². The lowest BCUT2D eigenvalue weighted by atomic mass is 10.1. The number of hydrogen-bond donors (Lipinski definition) is 0. The molecule has 1 aliphatic heterocycles. The first-order valence-corrected chi connectivity index (χ1v) is 5.68. The zero-order valence-corrected chi connectivity index (χ0v) is 10.1. The van der Waals surface area contributed by atoms with E-state index in [0.29, 0.717) is 0 Å². The van der Waals surface area contributed by atoms with Crippen molar-refractivity contribution < 1.29 is 9.30 Å². The average Bonchev–Trinajstić information content (AvgIpc) is 2.39. The molecule has 2 aromatic rings. The number of ether oxygens (including phenoxy) is 1. The van der Waals surface area contributed by atoms with E-state index < -0.39 is 0 Å². The highest BCUT2D eigenvalue weighted by molar-refractivity contribution is 5.75. The molecule has 2 heterocycles. The number of aromatic nitrogens is 1. The van der Waals surface area contributed by atoms with Crippen LogP contribution in [-0.2, 0) is 6.67 Å². The molecule has 0 N–H and O–H groups in total. The van der Waals surface area contributed by atoms with Gasteiger partial charge in [0.05, 0.1) is 24.4 Å². The molecule has 0 saturated heterocycles. The van der Waals surface area contributed by atoms with Gasteiger partial charge in [0.25, 0.3) is 0 Å². The molecule has 0 radical (unpaired) electrons. The molecule has 3 nitrogen and oxygen atoms in total. The number of anilines is 1. The highest BCUT2D eigenvalue weighted by Crippen LogP contribution is 2.32. The van der Waals surface area contributed by atoms with Crippen LogP contribution in [0.1, 0.15) is 0 Å². The molecular formula is C14H15N2O+. The van der Waals surface area contributed by atoms with Crippen LogP contribution in [0.25, 0.3) is 11.3 Å². The van der Waals surface area contributed by atoms with Crippen molar-refractivity contribution in [3.05, 3.63) is 42.5 Å². The van der Waals surface area contributed by atoms with Gasteiger partial charge < -0.3 is 9.64 Å². The fraction of sp³-hybridized carbons (Fsp3) is 0.214. The van der Waals surface area contributed by atoms with Gasteiger partial charge in [0.2, 0.25) is 12.4 Å². The minimum atomic E-state index is 0.816. The number of fused-ring (bicyclic) bond motifs is 3. The third-order valence-electron chi connectivity index (χ3n) is 3.20. The van der Waals surface area contributed by atoms with Crippen molar-refractivity contribution >= 4 is 5.69 Å². The number of pyridine rings is 1. The summed E-state index contributed by atoms with van der Waals surface area (Å²) in [5, 5.41) is 0. The van der Waals surface area contributed by atoms with Crippen molar-refractivity contribution in [2.45, 2.75) is 6.67 Å². The van der Waals surface area contributed by atoms with Crippen molar-refractivity contribution in [3.8, 4) is 17.1 Å². The fourth-order valence-corrected chi connectivity index (χ4v) is 2.39. The molecule has 0 aliphatic carbocycles. The van der Waals surface area contributed by atoms with Gasteiger partial charge in [-0.15, -0.1) is 4.57 Å². The number of benzene rings is 1. The van der Waals surface area contributed by atoms with Gasteiger partial charge in [0.15, 0.2) is 0 Å². The number of hydrogen-bond acceptors (Lipinski definition) is 2. The molecule has 3 rings (SSSR count). The van der Waals surface area contributed by atoms with Gasteiger partial charge in [-0.3, -0.25) is 0 Å². The van der Waals surface area contributed by atoms with Crippen LogP contribution < -0.4 is 14.2 Å². The Morgan fingerprint density at radius 2 is 1.94 bits per heavy atom. The highest BCUT2D eigenvalue weighted by atomic mass is 16.5. The normalized spacial score (nSPS) is 12.9. The second kappa shape index (κ2) is 3.77. The van der Waals surface area contributed by atoms with Gasteiger partial charge in [-0.25, -0.2) is 0 Å². The van der Waals surface area contributed by atoms with Gasteiger partial charge in [0.1, 0.15) is 0 Å². The Bertz CT molecular complexity index is 566. The monoisotopic (exact) mass is 227 g/mol. The van der Waals surface area contributed by atoms with E-state index in [0.717, 1.165) is 12.5 Å². The van der Waals surface area contributed by atoms with Gasteiger partial charge in [0, 0.05) is 13.1 Å². The largest absolute Gasteiger partial charge is 0.448 e. The Morgan fingerprint density at radius 3 is 2.76 bits per heavy atom. The standard InChI is InChI=1S/C14H15N2O/c1-15-10-16-13(8-5-9-14(16)17-2)11-6-3-4-7-12(11)15/h3-9H,10H2,1-2H3/q+1. The average molecular weight is 227 g/mol. The van der Waals surface area contributed by atoms with Crippen LogP contribution in [0.15, 0.2) is 42.5 Å². The lowest BCUT2D eigenvalue weighted by molar-refractivity contribution is -0.691. The van der Waals surface area contributed by atoms with Crippen molar-refractivity contribution in [2.75, 3.05) is 19.1 Å². The summed E-state index contributed by atoms with van der Waals surface area (Å²) in [5.74, 6) is 0.892. The maximum Gasteiger partial charge on any atom is 0.369 e. The van der Waals surface area contributed by atoms with Crippen molar-refractivity contribution in [2.24, 2.45) is 0 Å². The summed E-state index contributed by atoms with van der Waals surface area (Å²) in [6.07, 6.45) is 0. The molecule has 0 amide bonds. The minimum Gasteiger partial charge on any atom is -0.448 e. The molecular weight excluding hydrogens is 212 g/mol. The Hall–Kier alpha value is -2.03. The number of methoxy groups -OCH3 is 1. The summed E-state index contributed by atoms with van der Waals surface area (Å²) in [7, 11) is 3.81. The van der Waals surface area contributed by atoms with Gasteiger partial charge in [-0.05, 0) is 18.2 Å². The minimum absolute atomic E-state index is 0.816. The lowest BCUT2D eigenvalue weighted by Crippen LogP contribution is -2.48. The van der Waals surface area contributed by atoms with Crippen LogP contribution in [0, 0.1) is 0 Å². The van der Waals surface area contributed by atoms with E-state index in [9.17, 15) is 0 Å². The first-order chi connectivity index (χ1) is 8.31. The Morgan fingerprint density at radius 1 is 1.12 bits per heavy atom. The van der Waals surface area contributed by atoms with E-state index in [1.807, 2.05) is 12.1 Å². The van der Waals surface area contributed by atoms with Crippen LogP contribution in [-0.4, -0.2) is 14.2 Å². The molecule has 0 fully saturated rings. The SMILES string of the molecule is COc1cccc2[n+]1CN(C)c1ccccc1-2. The van der Waals surface area contributed by atoms with Crippen LogP contribution in [0.4, 0.5) is 5.69 Å². The summed E-state index contributed by atoms with van der Waals surface area (Å²) >= 11 is 0. The van der Waals surface area contributed by atoms with Crippen LogP contribution >= 0.6 is 0 Å². The Balaban J connectivity index is 2.28. The van der Waals surface area contributed by atoms with Crippen molar-refractivity contribution in [1.29, 1.82) is 0 Å². The summed E-state index contributed by atoms with van der Waals surface area (Å²) < 4.78 is 7.60. The van der Waals surface area contributed by atoms with Crippen molar-refractivity contribution in [1.82, 2.24) is 0 Å². The molecule has 0 atom stereocenters. The molecule has 1 aliphatic rings. The van der Waals surface area contributed by atoms with Crippen LogP contribution in [0.2, 0.25) is 0 Å². The second-order valence-electron chi connectivity index (χ2n) is 4.24. The maximum atomic E-state index is 5.41. The molecule has 1 aromatic heterocycles. The molecule has 0 saturated carbocycles. The first-order valence-electron chi connectivity index (χ1n) is 5.68. The Kier molecular flexibility index (Phi) is 2.25. The quantitative estimate of drug-likeness (QED) is 0.693. The van der Waals surface area contributed by atoms with Crippen molar-refractivity contribution in [3.63, 3.8) is 0 Å². The van der Waals surface area contributed by atoms with E-state index in [1.54, 1.807) is 7.11 Å². The lowest BCUT2D eigenvalue weighted by Gasteiger charge is -2.25. The fourth-order valence-electron chi connectivity index (χ4n) is 2.39. The zero-order valence-electron chi connectivity index (χ0n) is 10.1. The zero-order chi connectivity index (χ0) is 11.8. The number of nitrogens with zero attached hydrogens (tertiary/aromatic N) is 2. The van der Waals surface area contributed by atoms with E-state index in [2.05, 4.69) is 46.8 Å². The third-order valence-corrected chi connectivity index (χ3v) is 3.20. The van der Waals surface area contributed by atoms with Gasteiger partial charge in [-0.1, -0.05) is 12.1 Å². The third kappa shape index (κ3) is 1.46. The summed E-state index contributed by atoms with van der Waals surface area (Å²) in [6, 6.07) is 14.6. The number of rotatable bonds is 1. The molecule has 0 bridgehead atoms. The maximum absolute atomic E-state index is 5.41. The first kappa shape index (κ1) is 10.1. The van der Waals surface area contributed by atoms with Crippen LogP contribution in [0.5, 0.6) is 5.88 Å². The number of para-hydroxylation sites is 1. The summed E-state index contributed by atoms with van der Waals surface area (Å²) in [5.41, 5.74) is 3.72. The van der Waals surface area contributed by atoms with Gasteiger partial charge in [-0.2, -0.15) is 0 Å². The van der Waals surface area contributed by atoms with Gasteiger partial charge >= 0.3 is 5.88 Å². The summed E-state index contributed by atoms with van der Waals surface area (Å²) in [6.45, 7) is 0.816. The molecule has 3 heteroatoms. The second-order valence-corrected chi connectivity index (χ2v) is 4.24. The predicted octanol–water partition coefficient (Wildman–Crippen LogP) is 2.06. The molecule has 1 aromatic carbocycles. The molecule has 86 valence electrons. The van der Waals surface area contributed by atoms with E-state index in [-0.39, 0.29) is 0 Å². The van der Waals surface area contributed by atoms with E-state index in [4.69, 9.17) is 4.74 Å². The highest BCUT2D eigenvalue weighted by Gasteiger charge is 2.28. The molecule has 0 spiro atoms.